The van der Waals surface area contributed by atoms with Crippen molar-refractivity contribution in [2.45, 2.75) is 18.3 Å². The summed E-state index contributed by atoms with van der Waals surface area (Å²) in [5, 5.41) is 34.1. The molecule has 0 heterocycles. The predicted octanol–water partition coefficient (Wildman–Crippen LogP) is -3.66. The van der Waals surface area contributed by atoms with E-state index < -0.39 is 24.9 Å². The van der Waals surface area contributed by atoms with E-state index in [-0.39, 0.29) is 23.4 Å². The van der Waals surface area contributed by atoms with Crippen LogP contribution in [0.2, 0.25) is 0 Å². The van der Waals surface area contributed by atoms with E-state index in [2.05, 4.69) is 0 Å². The standard InChI is InChI=1S/C5H10O5.H2Se/c6-1-3(8)5(10)4(9)2-7;/h1,3-5,7-10H,2H2;1H2. The number of aldehydes is 1. The SMILES string of the molecule is O=CC(O)C(O)C(O)CO.[SeH2]. The summed E-state index contributed by atoms with van der Waals surface area (Å²) in [5.41, 5.74) is 0. The first-order valence-electron chi connectivity index (χ1n) is 2.73. The second-order valence-electron chi connectivity index (χ2n) is 1.87. The van der Waals surface area contributed by atoms with Crippen LogP contribution in [0.4, 0.5) is 0 Å². The van der Waals surface area contributed by atoms with Gasteiger partial charge in [0.25, 0.3) is 0 Å². The molecule has 0 aromatic heterocycles. The van der Waals surface area contributed by atoms with Gasteiger partial charge in [-0.3, -0.25) is 0 Å². The second-order valence-corrected chi connectivity index (χ2v) is 1.87. The molecule has 5 nitrogen and oxygen atoms in total. The molecule has 3 atom stereocenters. The Bertz CT molecular complexity index is 109. The first kappa shape index (κ1) is 13.6. The average Bonchev–Trinajstić information content (AvgIpc) is 2.00. The maximum atomic E-state index is 9.76. The van der Waals surface area contributed by atoms with E-state index in [1.807, 2.05) is 0 Å². The molecule has 0 radical (unpaired) electrons. The van der Waals surface area contributed by atoms with Crippen LogP contribution in [0, 0.1) is 0 Å². The van der Waals surface area contributed by atoms with Gasteiger partial charge in [0.1, 0.15) is 18.3 Å². The van der Waals surface area contributed by atoms with Crippen LogP contribution in [-0.4, -0.2) is 68.7 Å². The maximum absolute atomic E-state index is 9.76. The third-order valence-electron chi connectivity index (χ3n) is 1.07. The zero-order valence-corrected chi connectivity index (χ0v) is 7.81. The molecule has 0 aliphatic heterocycles. The van der Waals surface area contributed by atoms with Crippen LogP contribution in [0.15, 0.2) is 0 Å². The third kappa shape index (κ3) is 4.47. The molecule has 6 heteroatoms. The van der Waals surface area contributed by atoms with Crippen molar-refractivity contribution in [3.63, 3.8) is 0 Å². The molecular formula is C5H12O5Se. The Hall–Kier alpha value is 0.0295. The van der Waals surface area contributed by atoms with Gasteiger partial charge >= 0.3 is 17.1 Å². The van der Waals surface area contributed by atoms with Crippen LogP contribution < -0.4 is 0 Å². The van der Waals surface area contributed by atoms with Crippen LogP contribution in [0.5, 0.6) is 0 Å². The van der Waals surface area contributed by atoms with Crippen LogP contribution in [0.25, 0.3) is 0 Å². The molecule has 0 spiro atoms. The molecule has 0 aliphatic rings. The van der Waals surface area contributed by atoms with E-state index in [1.54, 1.807) is 0 Å². The fraction of sp³-hybridized carbons (Fsp3) is 0.800. The van der Waals surface area contributed by atoms with Crippen molar-refractivity contribution in [3.8, 4) is 0 Å². The summed E-state index contributed by atoms with van der Waals surface area (Å²) in [6.07, 6.45) is -4.63. The summed E-state index contributed by atoms with van der Waals surface area (Å²) in [4.78, 5) is 9.76. The van der Waals surface area contributed by atoms with E-state index in [9.17, 15) is 4.79 Å². The normalized spacial score (nSPS) is 17.8. The zero-order valence-electron chi connectivity index (χ0n) is 5.71. The Morgan fingerprint density at radius 2 is 1.73 bits per heavy atom. The number of carbonyl (C=O) groups excluding carboxylic acids is 1. The number of carbonyl (C=O) groups is 1. The van der Waals surface area contributed by atoms with Crippen molar-refractivity contribution in [2.24, 2.45) is 0 Å². The van der Waals surface area contributed by atoms with E-state index >= 15 is 0 Å². The van der Waals surface area contributed by atoms with E-state index in [1.165, 1.54) is 0 Å². The van der Waals surface area contributed by atoms with Crippen molar-refractivity contribution < 1.29 is 25.2 Å². The van der Waals surface area contributed by atoms with Crippen LogP contribution in [0.3, 0.4) is 0 Å². The zero-order chi connectivity index (χ0) is 8.15. The fourth-order valence-corrected chi connectivity index (χ4v) is 0.416. The molecule has 68 valence electrons. The summed E-state index contributed by atoms with van der Waals surface area (Å²) in [5.74, 6) is 0. The van der Waals surface area contributed by atoms with Gasteiger partial charge < -0.3 is 25.2 Å². The van der Waals surface area contributed by atoms with Crippen LogP contribution >= 0.6 is 0 Å². The molecule has 0 aromatic rings. The average molecular weight is 231 g/mol. The van der Waals surface area contributed by atoms with Gasteiger partial charge in [-0.1, -0.05) is 0 Å². The Morgan fingerprint density at radius 3 is 2.00 bits per heavy atom. The summed E-state index contributed by atoms with van der Waals surface area (Å²) in [6, 6.07) is 0. The molecule has 0 rings (SSSR count). The Balaban J connectivity index is 0. The predicted molar refractivity (Wildman–Crippen MR) is 39.7 cm³/mol. The first-order valence-corrected chi connectivity index (χ1v) is 2.73. The summed E-state index contributed by atoms with van der Waals surface area (Å²) < 4.78 is 0. The molecule has 0 fully saturated rings. The molecule has 0 aliphatic carbocycles. The van der Waals surface area contributed by atoms with E-state index in [4.69, 9.17) is 20.4 Å². The number of aliphatic hydroxyl groups is 4. The Morgan fingerprint density at radius 1 is 1.27 bits per heavy atom. The van der Waals surface area contributed by atoms with Gasteiger partial charge in [0, 0.05) is 0 Å². The minimum atomic E-state index is -1.64. The molecular weight excluding hydrogens is 219 g/mol. The summed E-state index contributed by atoms with van der Waals surface area (Å²) >= 11 is 0. The van der Waals surface area contributed by atoms with Gasteiger partial charge in [0.2, 0.25) is 0 Å². The number of hydrogen-bond donors (Lipinski definition) is 4. The van der Waals surface area contributed by atoms with Gasteiger partial charge in [-0.2, -0.15) is 0 Å². The molecule has 0 amide bonds. The van der Waals surface area contributed by atoms with Crippen molar-refractivity contribution >= 4 is 23.4 Å². The van der Waals surface area contributed by atoms with Crippen molar-refractivity contribution in [1.29, 1.82) is 0 Å². The number of rotatable bonds is 4. The molecule has 0 saturated carbocycles. The Labute approximate surface area is 74.1 Å². The second kappa shape index (κ2) is 6.72. The molecule has 3 unspecified atom stereocenters. The van der Waals surface area contributed by atoms with Crippen LogP contribution in [-0.2, 0) is 4.79 Å². The molecule has 11 heavy (non-hydrogen) atoms. The minimum absolute atomic E-state index is 0. The third-order valence-corrected chi connectivity index (χ3v) is 1.07. The fourth-order valence-electron chi connectivity index (χ4n) is 0.416. The Kier molecular flexibility index (Phi) is 8.32. The first-order chi connectivity index (χ1) is 4.63. The molecule has 4 N–H and O–H groups in total. The van der Waals surface area contributed by atoms with E-state index in [0.29, 0.717) is 0 Å². The van der Waals surface area contributed by atoms with Gasteiger partial charge in [0.05, 0.1) is 6.61 Å². The molecule has 0 bridgehead atoms. The topological polar surface area (TPSA) is 98.0 Å². The van der Waals surface area contributed by atoms with Crippen LogP contribution in [0.1, 0.15) is 0 Å². The van der Waals surface area contributed by atoms with E-state index in [0.717, 1.165) is 0 Å². The summed E-state index contributed by atoms with van der Waals surface area (Å²) in [6.45, 7) is -0.688. The summed E-state index contributed by atoms with van der Waals surface area (Å²) in [7, 11) is 0. The van der Waals surface area contributed by atoms with Gasteiger partial charge in [0.15, 0.2) is 6.29 Å². The number of hydrogen-bond acceptors (Lipinski definition) is 5. The van der Waals surface area contributed by atoms with Gasteiger partial charge in [-0.05, 0) is 0 Å². The number of aliphatic hydroxyl groups excluding tert-OH is 4. The van der Waals surface area contributed by atoms with Gasteiger partial charge in [-0.25, -0.2) is 0 Å². The quantitative estimate of drug-likeness (QED) is 0.295. The molecule has 0 aromatic carbocycles. The molecule has 0 saturated heterocycles. The van der Waals surface area contributed by atoms with Crippen molar-refractivity contribution in [2.75, 3.05) is 6.61 Å². The van der Waals surface area contributed by atoms with Crippen molar-refractivity contribution in [1.82, 2.24) is 0 Å². The van der Waals surface area contributed by atoms with Gasteiger partial charge in [-0.15, -0.1) is 0 Å². The van der Waals surface area contributed by atoms with Crippen molar-refractivity contribution in [3.05, 3.63) is 0 Å². The monoisotopic (exact) mass is 232 g/mol.